The maximum absolute atomic E-state index is 12.5. The Hall–Kier alpha value is -2.11. The van der Waals surface area contributed by atoms with Crippen molar-refractivity contribution in [1.29, 1.82) is 0 Å². The highest BCUT2D eigenvalue weighted by atomic mass is 16.5. The zero-order valence-electron chi connectivity index (χ0n) is 20.5. The molecule has 2 N–H and O–H groups in total. The first kappa shape index (κ1) is 25.5. The maximum atomic E-state index is 12.5. The molecule has 0 saturated heterocycles. The minimum atomic E-state index is -0.612. The van der Waals surface area contributed by atoms with Gasteiger partial charge >= 0.3 is 5.97 Å². The fraction of sp³-hybridized carbons (Fsp3) is 0.741. The van der Waals surface area contributed by atoms with Gasteiger partial charge < -0.3 is 15.2 Å². The molecule has 2 heterocycles. The number of nitrogens with zero attached hydrogens (tertiary/aromatic N) is 1. The number of pyridine rings is 1. The molecule has 3 rings (SSSR count). The first-order valence-electron chi connectivity index (χ1n) is 13.2. The minimum Gasteiger partial charge on any atom is -0.481 e. The maximum Gasteiger partial charge on any atom is 0.306 e. The third kappa shape index (κ3) is 7.44. The summed E-state index contributed by atoms with van der Waals surface area (Å²) in [7, 11) is 0. The van der Waals surface area contributed by atoms with E-state index in [1.165, 1.54) is 32.1 Å². The predicted molar refractivity (Wildman–Crippen MR) is 131 cm³/mol. The Morgan fingerprint density at radius 1 is 1.06 bits per heavy atom. The van der Waals surface area contributed by atoms with E-state index in [0.717, 1.165) is 80.7 Å². The molecule has 1 aromatic rings. The number of ether oxygens (including phenoxy) is 1. The number of unbranched alkanes of at least 4 members (excludes halogenated alkanes) is 6. The molecule has 1 aromatic heterocycles. The normalized spacial score (nSPS) is 22.1. The number of carboxylic acids is 1. The summed E-state index contributed by atoms with van der Waals surface area (Å²) >= 11 is 0. The van der Waals surface area contributed by atoms with Crippen molar-refractivity contribution in [2.24, 2.45) is 11.8 Å². The zero-order chi connectivity index (χ0) is 23.6. The van der Waals surface area contributed by atoms with Crippen molar-refractivity contribution in [2.45, 2.75) is 110 Å². The molecule has 1 fully saturated rings. The number of hydrogen-bond donors (Lipinski definition) is 2. The van der Waals surface area contributed by atoms with Crippen molar-refractivity contribution >= 4 is 17.6 Å². The first-order chi connectivity index (χ1) is 16.0. The second kappa shape index (κ2) is 13.0. The Morgan fingerprint density at radius 2 is 1.73 bits per heavy atom. The van der Waals surface area contributed by atoms with Crippen LogP contribution in [0.15, 0.2) is 6.07 Å². The Morgan fingerprint density at radius 3 is 2.39 bits per heavy atom. The second-order valence-electron chi connectivity index (χ2n) is 10.0. The van der Waals surface area contributed by atoms with Gasteiger partial charge in [-0.15, -0.1) is 0 Å². The van der Waals surface area contributed by atoms with Gasteiger partial charge in [0.2, 0.25) is 11.8 Å². The lowest BCUT2D eigenvalue weighted by Gasteiger charge is -2.25. The number of aromatic nitrogens is 1. The van der Waals surface area contributed by atoms with Crippen LogP contribution in [0, 0.1) is 18.8 Å². The quantitative estimate of drug-likeness (QED) is 0.306. The summed E-state index contributed by atoms with van der Waals surface area (Å²) in [6, 6.07) is 1.93. The van der Waals surface area contributed by atoms with E-state index in [0.29, 0.717) is 12.5 Å². The topological polar surface area (TPSA) is 88.5 Å². The molecule has 6 heteroatoms. The van der Waals surface area contributed by atoms with E-state index in [4.69, 9.17) is 9.84 Å². The SMILES string of the molecule is CCCCOc1cc(C)c2c(n1)C(CCCCCCCCC1CCC(C(=O)O)CC1)C(=O)N2. The van der Waals surface area contributed by atoms with Crippen LogP contribution in [0.4, 0.5) is 5.69 Å². The number of carbonyl (C=O) groups excluding carboxylic acids is 1. The van der Waals surface area contributed by atoms with Crippen LogP contribution in [-0.4, -0.2) is 28.6 Å². The second-order valence-corrected chi connectivity index (χ2v) is 10.0. The van der Waals surface area contributed by atoms with Gasteiger partial charge in [0, 0.05) is 6.07 Å². The van der Waals surface area contributed by atoms with Crippen LogP contribution in [0.3, 0.4) is 0 Å². The van der Waals surface area contributed by atoms with E-state index in [9.17, 15) is 9.59 Å². The van der Waals surface area contributed by atoms with Gasteiger partial charge in [-0.05, 0) is 56.9 Å². The summed E-state index contributed by atoms with van der Waals surface area (Å²) in [6.07, 6.45) is 15.2. The van der Waals surface area contributed by atoms with E-state index in [1.54, 1.807) is 0 Å². The number of amides is 1. The number of hydrogen-bond acceptors (Lipinski definition) is 4. The molecule has 1 unspecified atom stereocenters. The van der Waals surface area contributed by atoms with Gasteiger partial charge in [0.05, 0.1) is 29.8 Å². The highest BCUT2D eigenvalue weighted by molar-refractivity contribution is 6.03. The molecule has 1 atom stereocenters. The number of nitrogens with one attached hydrogen (secondary N) is 1. The van der Waals surface area contributed by atoms with Crippen LogP contribution in [0.1, 0.15) is 114 Å². The smallest absolute Gasteiger partial charge is 0.306 e. The molecule has 1 saturated carbocycles. The summed E-state index contributed by atoms with van der Waals surface area (Å²) in [4.78, 5) is 28.3. The number of anilines is 1. The van der Waals surface area contributed by atoms with E-state index >= 15 is 0 Å². The van der Waals surface area contributed by atoms with Gasteiger partial charge in [0.25, 0.3) is 0 Å². The molecule has 1 aliphatic heterocycles. The standard InChI is InChI=1S/C27H42N2O4/c1-3-4-17-33-23-18-19(2)24-25(28-23)22(26(30)29-24)12-10-8-6-5-7-9-11-20-13-15-21(16-14-20)27(31)32/h18,20-22H,3-17H2,1-2H3,(H,29,30)(H,31,32). The van der Waals surface area contributed by atoms with Crippen LogP contribution >= 0.6 is 0 Å². The van der Waals surface area contributed by atoms with Crippen LogP contribution in [0.2, 0.25) is 0 Å². The zero-order valence-corrected chi connectivity index (χ0v) is 20.5. The van der Waals surface area contributed by atoms with Crippen molar-refractivity contribution in [3.8, 4) is 5.88 Å². The van der Waals surface area contributed by atoms with E-state index in [-0.39, 0.29) is 17.7 Å². The van der Waals surface area contributed by atoms with Gasteiger partial charge in [-0.3, -0.25) is 9.59 Å². The van der Waals surface area contributed by atoms with Crippen molar-refractivity contribution in [3.63, 3.8) is 0 Å². The Bertz CT molecular complexity index is 787. The number of rotatable bonds is 14. The van der Waals surface area contributed by atoms with Gasteiger partial charge in [0.1, 0.15) is 0 Å². The number of carboxylic acid groups (broad SMARTS) is 1. The molecular formula is C27H42N2O4. The molecule has 1 aliphatic carbocycles. The highest BCUT2D eigenvalue weighted by Crippen LogP contribution is 2.38. The summed E-state index contributed by atoms with van der Waals surface area (Å²) in [5.41, 5.74) is 2.77. The summed E-state index contributed by atoms with van der Waals surface area (Å²) in [5.74, 6) is 0.567. The Labute approximate surface area is 198 Å². The minimum absolute atomic E-state index is 0.0731. The molecule has 184 valence electrons. The third-order valence-electron chi connectivity index (χ3n) is 7.41. The molecule has 0 radical (unpaired) electrons. The van der Waals surface area contributed by atoms with Crippen molar-refractivity contribution in [2.75, 3.05) is 11.9 Å². The lowest BCUT2D eigenvalue weighted by atomic mass is 9.80. The molecule has 0 bridgehead atoms. The van der Waals surface area contributed by atoms with Crippen LogP contribution in [0.25, 0.3) is 0 Å². The van der Waals surface area contributed by atoms with Gasteiger partial charge in [-0.2, -0.15) is 0 Å². The van der Waals surface area contributed by atoms with Gasteiger partial charge in [-0.25, -0.2) is 4.98 Å². The molecule has 6 nitrogen and oxygen atoms in total. The van der Waals surface area contributed by atoms with Gasteiger partial charge in [-0.1, -0.05) is 58.3 Å². The fourth-order valence-electron chi connectivity index (χ4n) is 5.27. The fourth-order valence-corrected chi connectivity index (χ4v) is 5.27. The molecule has 0 spiro atoms. The number of aliphatic carboxylic acids is 1. The molecular weight excluding hydrogens is 416 g/mol. The van der Waals surface area contributed by atoms with Crippen LogP contribution in [0.5, 0.6) is 5.88 Å². The molecule has 2 aliphatic rings. The van der Waals surface area contributed by atoms with E-state index in [1.807, 2.05) is 13.0 Å². The number of carbonyl (C=O) groups is 2. The summed E-state index contributed by atoms with van der Waals surface area (Å²) < 4.78 is 5.80. The van der Waals surface area contributed by atoms with Crippen molar-refractivity contribution < 1.29 is 19.4 Å². The summed E-state index contributed by atoms with van der Waals surface area (Å²) in [6.45, 7) is 4.81. The number of aryl methyl sites for hydroxylation is 1. The van der Waals surface area contributed by atoms with Crippen LogP contribution in [-0.2, 0) is 9.59 Å². The number of fused-ring (bicyclic) bond motifs is 1. The Kier molecular flexibility index (Phi) is 10.0. The van der Waals surface area contributed by atoms with Crippen LogP contribution < -0.4 is 10.1 Å². The predicted octanol–water partition coefficient (Wildman–Crippen LogP) is 6.62. The molecule has 33 heavy (non-hydrogen) atoms. The lowest BCUT2D eigenvalue weighted by Crippen LogP contribution is -2.21. The molecule has 0 aromatic carbocycles. The lowest BCUT2D eigenvalue weighted by molar-refractivity contribution is -0.143. The van der Waals surface area contributed by atoms with E-state index < -0.39 is 5.97 Å². The monoisotopic (exact) mass is 458 g/mol. The highest BCUT2D eigenvalue weighted by Gasteiger charge is 2.33. The third-order valence-corrected chi connectivity index (χ3v) is 7.41. The average molecular weight is 459 g/mol. The molecule has 1 amide bonds. The largest absolute Gasteiger partial charge is 0.481 e. The van der Waals surface area contributed by atoms with Crippen molar-refractivity contribution in [1.82, 2.24) is 4.98 Å². The Balaban J connectivity index is 1.31. The average Bonchev–Trinajstić information content (AvgIpc) is 3.12. The van der Waals surface area contributed by atoms with E-state index in [2.05, 4.69) is 17.2 Å². The summed E-state index contributed by atoms with van der Waals surface area (Å²) in [5, 5.41) is 12.1. The van der Waals surface area contributed by atoms with Gasteiger partial charge in [0.15, 0.2) is 0 Å². The van der Waals surface area contributed by atoms with Crippen molar-refractivity contribution in [3.05, 3.63) is 17.3 Å². The first-order valence-corrected chi connectivity index (χ1v) is 13.2.